The molecule has 0 aliphatic rings. The van der Waals surface area contributed by atoms with E-state index in [1.165, 1.54) is 0 Å². The molecule has 0 saturated heterocycles. The minimum absolute atomic E-state index is 0.0165. The maximum absolute atomic E-state index is 11.1. The van der Waals surface area contributed by atoms with Gasteiger partial charge in [0, 0.05) is 12.8 Å². The number of aliphatic hydroxyl groups is 5. The Morgan fingerprint density at radius 3 is 1.74 bits per heavy atom. The Bertz CT molecular complexity index is 626. The van der Waals surface area contributed by atoms with Crippen LogP contribution >= 0.6 is 12.2 Å². The highest BCUT2D eigenvalue weighted by molar-refractivity contribution is 7.80. The lowest BCUT2D eigenvalue weighted by Gasteiger charge is -2.38. The Labute approximate surface area is 219 Å². The summed E-state index contributed by atoms with van der Waals surface area (Å²) in [5.41, 5.74) is -0.275. The fraction of sp³-hybridized carbons (Fsp3) is 0.963. The molecule has 0 heterocycles. The van der Waals surface area contributed by atoms with Crippen LogP contribution in [0.5, 0.6) is 0 Å². The van der Waals surface area contributed by atoms with Gasteiger partial charge in [0.1, 0.15) is 12.2 Å². The lowest BCUT2D eigenvalue weighted by molar-refractivity contribution is -0.0683. The van der Waals surface area contributed by atoms with Gasteiger partial charge in [-0.15, -0.1) is 0 Å². The van der Waals surface area contributed by atoms with Gasteiger partial charge < -0.3 is 35.6 Å². The number of aliphatic hydroxyl groups excluding tert-OH is 5. The van der Waals surface area contributed by atoms with Crippen LogP contribution in [0.4, 0.5) is 0 Å². The maximum atomic E-state index is 11.1. The van der Waals surface area contributed by atoms with Gasteiger partial charge in [-0.1, -0.05) is 81.5 Å². The SMILES string of the molecule is CC(C)(C)CC(C)(C)CC(=S)NC(COCC(O)C(O)CO)C(O)CC(O)C(C)(C)CC(C)(C)C. The van der Waals surface area contributed by atoms with Crippen molar-refractivity contribution in [2.75, 3.05) is 19.8 Å². The zero-order chi connectivity index (χ0) is 27.8. The van der Waals surface area contributed by atoms with Crippen LogP contribution in [-0.4, -0.2) is 80.8 Å². The van der Waals surface area contributed by atoms with Crippen molar-refractivity contribution in [1.29, 1.82) is 0 Å². The second-order valence-electron chi connectivity index (χ2n) is 14.2. The number of nitrogens with one attached hydrogen (secondary N) is 1. The molecular weight excluding hydrogens is 466 g/mol. The summed E-state index contributed by atoms with van der Waals surface area (Å²) >= 11 is 5.65. The molecule has 0 spiro atoms. The van der Waals surface area contributed by atoms with Crippen LogP contribution in [0.25, 0.3) is 0 Å². The number of ether oxygens (including phenoxy) is 1. The summed E-state index contributed by atoms with van der Waals surface area (Å²) in [6, 6.07) is -0.605. The fourth-order valence-corrected chi connectivity index (χ4v) is 5.73. The summed E-state index contributed by atoms with van der Waals surface area (Å²) in [5, 5.41) is 53.7. The second kappa shape index (κ2) is 14.0. The van der Waals surface area contributed by atoms with Crippen LogP contribution in [0.3, 0.4) is 0 Å². The molecule has 5 atom stereocenters. The smallest absolute Gasteiger partial charge is 0.105 e. The van der Waals surface area contributed by atoms with E-state index in [0.29, 0.717) is 11.4 Å². The number of thiocarbonyl (C=S) groups is 1. The minimum atomic E-state index is -1.30. The Kier molecular flexibility index (Phi) is 13.8. The highest BCUT2D eigenvalue weighted by Gasteiger charge is 2.36. The summed E-state index contributed by atoms with van der Waals surface area (Å²) in [6.45, 7) is 20.5. The molecule has 0 aliphatic heterocycles. The molecule has 7 nitrogen and oxygen atoms in total. The van der Waals surface area contributed by atoms with Crippen molar-refractivity contribution in [2.24, 2.45) is 21.7 Å². The molecule has 0 radical (unpaired) electrons. The molecular formula is C27H55NO6S. The highest BCUT2D eigenvalue weighted by atomic mass is 32.1. The number of rotatable bonds is 15. The van der Waals surface area contributed by atoms with Gasteiger partial charge >= 0.3 is 0 Å². The third kappa shape index (κ3) is 15.5. The van der Waals surface area contributed by atoms with Crippen LogP contribution in [0.1, 0.15) is 94.9 Å². The molecule has 0 aromatic heterocycles. The van der Waals surface area contributed by atoms with E-state index in [0.717, 1.165) is 12.8 Å². The largest absolute Gasteiger partial charge is 0.394 e. The normalized spacial score (nSPS) is 18.0. The monoisotopic (exact) mass is 521 g/mol. The van der Waals surface area contributed by atoms with Gasteiger partial charge in [0.15, 0.2) is 0 Å². The molecule has 210 valence electrons. The predicted molar refractivity (Wildman–Crippen MR) is 146 cm³/mol. The molecule has 0 aromatic rings. The molecule has 8 heteroatoms. The molecule has 0 amide bonds. The molecule has 35 heavy (non-hydrogen) atoms. The second-order valence-corrected chi connectivity index (χ2v) is 14.6. The van der Waals surface area contributed by atoms with Crippen LogP contribution in [0.2, 0.25) is 0 Å². The van der Waals surface area contributed by atoms with E-state index >= 15 is 0 Å². The standard InChI is InChI=1S/C27H55NO6S/c1-24(2,3)16-26(7,8)12-23(35)28-18(14-34-15-21(32)20(31)13-29)19(30)11-22(33)27(9,10)17-25(4,5)6/h18-22,29-33H,11-17H2,1-10H3,(H,28,35). The zero-order valence-corrected chi connectivity index (χ0v) is 24.7. The zero-order valence-electron chi connectivity index (χ0n) is 23.9. The number of hydrogen-bond acceptors (Lipinski definition) is 7. The van der Waals surface area contributed by atoms with Crippen LogP contribution in [0, 0.1) is 21.7 Å². The van der Waals surface area contributed by atoms with E-state index in [2.05, 4.69) is 60.7 Å². The van der Waals surface area contributed by atoms with Crippen molar-refractivity contribution in [3.63, 3.8) is 0 Å². The Balaban J connectivity index is 5.38. The van der Waals surface area contributed by atoms with E-state index in [1.807, 2.05) is 13.8 Å². The molecule has 0 aromatic carbocycles. The Morgan fingerprint density at radius 1 is 0.771 bits per heavy atom. The third-order valence-corrected chi connectivity index (χ3v) is 6.29. The van der Waals surface area contributed by atoms with Crippen molar-refractivity contribution >= 4 is 17.2 Å². The predicted octanol–water partition coefficient (Wildman–Crippen LogP) is 3.43. The molecule has 6 N–H and O–H groups in total. The molecule has 5 unspecified atom stereocenters. The summed E-state index contributed by atoms with van der Waals surface area (Å²) in [6.07, 6.45) is -1.71. The van der Waals surface area contributed by atoms with Gasteiger partial charge in [0.2, 0.25) is 0 Å². The van der Waals surface area contributed by atoms with E-state index in [1.54, 1.807) is 0 Å². The quantitative estimate of drug-likeness (QED) is 0.181. The topological polar surface area (TPSA) is 122 Å². The number of hydrogen-bond donors (Lipinski definition) is 6. The first-order chi connectivity index (χ1) is 15.6. The van der Waals surface area contributed by atoms with Gasteiger partial charge in [0.25, 0.3) is 0 Å². The highest BCUT2D eigenvalue weighted by Crippen LogP contribution is 2.38. The van der Waals surface area contributed by atoms with Crippen LogP contribution < -0.4 is 5.32 Å². The van der Waals surface area contributed by atoms with E-state index in [-0.39, 0.29) is 35.9 Å². The van der Waals surface area contributed by atoms with Gasteiger partial charge in [-0.05, 0) is 34.5 Å². The Hall–Kier alpha value is -0.350. The van der Waals surface area contributed by atoms with Crippen LogP contribution in [-0.2, 0) is 4.74 Å². The van der Waals surface area contributed by atoms with Crippen LogP contribution in [0.15, 0.2) is 0 Å². The first-order valence-corrected chi connectivity index (χ1v) is 13.2. The summed E-state index contributed by atoms with van der Waals surface area (Å²) in [4.78, 5) is 0.603. The van der Waals surface area contributed by atoms with Gasteiger partial charge in [-0.25, -0.2) is 0 Å². The van der Waals surface area contributed by atoms with Crippen molar-refractivity contribution in [1.82, 2.24) is 5.32 Å². The Morgan fingerprint density at radius 2 is 1.29 bits per heavy atom. The van der Waals surface area contributed by atoms with Gasteiger partial charge in [0.05, 0.1) is 43.1 Å². The fourth-order valence-electron chi connectivity index (χ4n) is 5.18. The van der Waals surface area contributed by atoms with E-state index in [9.17, 15) is 20.4 Å². The van der Waals surface area contributed by atoms with Crippen molar-refractivity contribution < 1.29 is 30.3 Å². The van der Waals surface area contributed by atoms with Crippen molar-refractivity contribution in [3.8, 4) is 0 Å². The summed E-state index contributed by atoms with van der Waals surface area (Å²) in [7, 11) is 0. The first-order valence-electron chi connectivity index (χ1n) is 12.8. The first kappa shape index (κ1) is 34.6. The molecule has 0 aliphatic carbocycles. The van der Waals surface area contributed by atoms with Crippen molar-refractivity contribution in [3.05, 3.63) is 0 Å². The van der Waals surface area contributed by atoms with Crippen molar-refractivity contribution in [2.45, 2.75) is 125 Å². The summed E-state index contributed by atoms with van der Waals surface area (Å²) in [5.74, 6) is 0. The summed E-state index contributed by atoms with van der Waals surface area (Å²) < 4.78 is 5.58. The lowest BCUT2D eigenvalue weighted by atomic mass is 9.71. The molecule has 0 saturated carbocycles. The van der Waals surface area contributed by atoms with E-state index < -0.39 is 42.5 Å². The maximum Gasteiger partial charge on any atom is 0.105 e. The average molecular weight is 522 g/mol. The minimum Gasteiger partial charge on any atom is -0.394 e. The average Bonchev–Trinajstić information content (AvgIpc) is 2.61. The van der Waals surface area contributed by atoms with Gasteiger partial charge in [-0.2, -0.15) is 0 Å². The lowest BCUT2D eigenvalue weighted by Crippen LogP contribution is -2.49. The molecule has 0 fully saturated rings. The van der Waals surface area contributed by atoms with E-state index in [4.69, 9.17) is 22.1 Å². The van der Waals surface area contributed by atoms with Gasteiger partial charge in [-0.3, -0.25) is 0 Å². The molecule has 0 bridgehead atoms. The molecule has 0 rings (SSSR count). The third-order valence-electron chi connectivity index (χ3n) is 6.03.